The number of nitro groups is 1. The number of aryl methyl sites for hydroxylation is 1. The highest BCUT2D eigenvalue weighted by atomic mass is 19.4. The summed E-state index contributed by atoms with van der Waals surface area (Å²) in [6.45, 7) is 1.83. The molecule has 2 rings (SSSR count). The molecule has 0 fully saturated rings. The molecule has 0 radical (unpaired) electrons. The Bertz CT molecular complexity index is 728. The average Bonchev–Trinajstić information content (AvgIpc) is 2.80. The van der Waals surface area contributed by atoms with Crippen LogP contribution in [0.1, 0.15) is 12.6 Å². The first-order valence-corrected chi connectivity index (χ1v) is 6.42. The van der Waals surface area contributed by atoms with Crippen LogP contribution in [0, 0.1) is 10.1 Å². The first kappa shape index (κ1) is 16.6. The predicted octanol–water partition coefficient (Wildman–Crippen LogP) is 3.54. The van der Waals surface area contributed by atoms with Crippen molar-refractivity contribution in [1.82, 2.24) is 9.78 Å². The number of alkyl halides is 3. The van der Waals surface area contributed by atoms with E-state index in [0.717, 1.165) is 19.2 Å². The van der Waals surface area contributed by atoms with Gasteiger partial charge in [-0.3, -0.25) is 14.8 Å². The number of nitrogens with zero attached hydrogens (tertiary/aromatic N) is 3. The van der Waals surface area contributed by atoms with E-state index in [4.69, 9.17) is 9.47 Å². The van der Waals surface area contributed by atoms with Gasteiger partial charge >= 0.3 is 11.9 Å². The fourth-order valence-electron chi connectivity index (χ4n) is 1.86. The van der Waals surface area contributed by atoms with Crippen molar-refractivity contribution in [3.63, 3.8) is 0 Å². The largest absolute Gasteiger partial charge is 0.487 e. The number of hydrogen-bond donors (Lipinski definition) is 0. The smallest absolute Gasteiger partial charge is 0.433 e. The van der Waals surface area contributed by atoms with E-state index in [2.05, 4.69) is 5.10 Å². The highest BCUT2D eigenvalue weighted by Crippen LogP contribution is 2.35. The summed E-state index contributed by atoms with van der Waals surface area (Å²) < 4.78 is 49.1. The molecule has 7 nitrogen and oxygen atoms in total. The van der Waals surface area contributed by atoms with E-state index in [0.29, 0.717) is 4.68 Å². The third-order valence-electron chi connectivity index (χ3n) is 2.80. The monoisotopic (exact) mass is 331 g/mol. The minimum atomic E-state index is -4.56. The molecule has 0 spiro atoms. The van der Waals surface area contributed by atoms with Crippen molar-refractivity contribution in [3.8, 4) is 17.4 Å². The molecule has 1 aromatic carbocycles. The van der Waals surface area contributed by atoms with Crippen LogP contribution in [0.3, 0.4) is 0 Å². The number of aromatic nitrogens is 2. The number of hydrogen-bond acceptors (Lipinski definition) is 5. The SMILES string of the molecule is CCOc1cc(Oc2cc(C(F)(F)F)n(C)n2)ccc1[N+](=O)[O-]. The molecule has 0 aliphatic rings. The first-order chi connectivity index (χ1) is 10.7. The van der Waals surface area contributed by atoms with Gasteiger partial charge in [-0.2, -0.15) is 13.2 Å². The Balaban J connectivity index is 2.30. The summed E-state index contributed by atoms with van der Waals surface area (Å²) in [4.78, 5) is 10.2. The molecule has 23 heavy (non-hydrogen) atoms. The maximum absolute atomic E-state index is 12.7. The average molecular weight is 331 g/mol. The van der Waals surface area contributed by atoms with Crippen molar-refractivity contribution in [2.75, 3.05) is 6.61 Å². The normalized spacial score (nSPS) is 11.3. The van der Waals surface area contributed by atoms with Gasteiger partial charge in [0.05, 0.1) is 11.5 Å². The van der Waals surface area contributed by atoms with Crippen LogP contribution in [0.2, 0.25) is 0 Å². The van der Waals surface area contributed by atoms with E-state index in [-0.39, 0.29) is 29.7 Å². The molecule has 0 aliphatic heterocycles. The first-order valence-electron chi connectivity index (χ1n) is 6.42. The number of benzene rings is 1. The molecule has 0 unspecified atom stereocenters. The van der Waals surface area contributed by atoms with E-state index in [1.165, 1.54) is 12.1 Å². The Morgan fingerprint density at radius 1 is 1.35 bits per heavy atom. The van der Waals surface area contributed by atoms with Crippen LogP contribution in [0.4, 0.5) is 18.9 Å². The zero-order valence-electron chi connectivity index (χ0n) is 12.1. The summed E-state index contributed by atoms with van der Waals surface area (Å²) in [7, 11) is 1.14. The van der Waals surface area contributed by atoms with Crippen LogP contribution in [0.15, 0.2) is 24.3 Å². The van der Waals surface area contributed by atoms with Gasteiger partial charge in [0.25, 0.3) is 0 Å². The second kappa shape index (κ2) is 6.15. The summed E-state index contributed by atoms with van der Waals surface area (Å²) in [5.41, 5.74) is -1.24. The molecule has 0 N–H and O–H groups in total. The van der Waals surface area contributed by atoms with E-state index >= 15 is 0 Å². The summed E-state index contributed by atoms with van der Waals surface area (Å²) in [5, 5.41) is 14.5. The highest BCUT2D eigenvalue weighted by molar-refractivity contribution is 5.51. The standard InChI is InChI=1S/C13H12F3N3O4/c1-3-22-10-6-8(4-5-9(10)19(20)21)23-12-7-11(13(14,15)16)18(2)17-12/h4-7H,3H2,1-2H3. The topological polar surface area (TPSA) is 79.4 Å². The van der Waals surface area contributed by atoms with Gasteiger partial charge in [0, 0.05) is 25.2 Å². The molecular weight excluding hydrogens is 319 g/mol. The lowest BCUT2D eigenvalue weighted by Gasteiger charge is -2.07. The van der Waals surface area contributed by atoms with Gasteiger partial charge < -0.3 is 9.47 Å². The second-order valence-corrected chi connectivity index (χ2v) is 4.41. The van der Waals surface area contributed by atoms with E-state index in [1.807, 2.05) is 0 Å². The Morgan fingerprint density at radius 3 is 2.57 bits per heavy atom. The Morgan fingerprint density at radius 2 is 2.04 bits per heavy atom. The van der Waals surface area contributed by atoms with Gasteiger partial charge in [0.15, 0.2) is 0 Å². The van der Waals surface area contributed by atoms with Crippen LogP contribution in [0.5, 0.6) is 17.4 Å². The molecule has 0 saturated carbocycles. The van der Waals surface area contributed by atoms with Crippen molar-refractivity contribution in [2.24, 2.45) is 7.05 Å². The van der Waals surface area contributed by atoms with Crippen molar-refractivity contribution in [1.29, 1.82) is 0 Å². The van der Waals surface area contributed by atoms with Crippen molar-refractivity contribution >= 4 is 5.69 Å². The van der Waals surface area contributed by atoms with Gasteiger partial charge in [0.1, 0.15) is 11.4 Å². The van der Waals surface area contributed by atoms with Crippen LogP contribution in [-0.4, -0.2) is 21.3 Å². The fourth-order valence-corrected chi connectivity index (χ4v) is 1.86. The Hall–Kier alpha value is -2.78. The second-order valence-electron chi connectivity index (χ2n) is 4.41. The molecule has 0 atom stereocenters. The van der Waals surface area contributed by atoms with E-state index in [1.54, 1.807) is 6.92 Å². The third-order valence-corrected chi connectivity index (χ3v) is 2.80. The third kappa shape index (κ3) is 3.71. The maximum atomic E-state index is 12.7. The molecule has 0 amide bonds. The van der Waals surface area contributed by atoms with Crippen LogP contribution >= 0.6 is 0 Å². The minimum Gasteiger partial charge on any atom is -0.487 e. The lowest BCUT2D eigenvalue weighted by molar-refractivity contribution is -0.385. The van der Waals surface area contributed by atoms with Gasteiger partial charge in [0.2, 0.25) is 11.6 Å². The molecule has 1 heterocycles. The number of halogens is 3. The van der Waals surface area contributed by atoms with Gasteiger partial charge in [-0.1, -0.05) is 0 Å². The zero-order valence-corrected chi connectivity index (χ0v) is 12.1. The number of nitro benzene ring substituents is 1. The molecule has 0 saturated heterocycles. The molecule has 0 aliphatic carbocycles. The predicted molar refractivity (Wildman–Crippen MR) is 72.5 cm³/mol. The molecule has 10 heteroatoms. The lowest BCUT2D eigenvalue weighted by Crippen LogP contribution is -2.11. The molecular formula is C13H12F3N3O4. The van der Waals surface area contributed by atoms with Crippen LogP contribution in [-0.2, 0) is 13.2 Å². The van der Waals surface area contributed by atoms with Crippen molar-refractivity contribution < 1.29 is 27.6 Å². The number of ether oxygens (including phenoxy) is 2. The molecule has 1 aromatic heterocycles. The summed E-state index contributed by atoms with van der Waals surface area (Å²) in [6, 6.07) is 4.36. The Labute approximate surface area is 128 Å². The van der Waals surface area contributed by atoms with Gasteiger partial charge in [-0.05, 0) is 13.0 Å². The van der Waals surface area contributed by atoms with Crippen molar-refractivity contribution in [2.45, 2.75) is 13.1 Å². The number of rotatable bonds is 5. The minimum absolute atomic E-state index is 0.0398. The highest BCUT2D eigenvalue weighted by Gasteiger charge is 2.35. The van der Waals surface area contributed by atoms with Gasteiger partial charge in [-0.25, -0.2) is 0 Å². The molecule has 0 bridgehead atoms. The maximum Gasteiger partial charge on any atom is 0.433 e. The van der Waals surface area contributed by atoms with Crippen LogP contribution < -0.4 is 9.47 Å². The van der Waals surface area contributed by atoms with E-state index in [9.17, 15) is 23.3 Å². The molecule has 124 valence electrons. The van der Waals surface area contributed by atoms with Gasteiger partial charge in [-0.15, -0.1) is 5.10 Å². The summed E-state index contributed by atoms with van der Waals surface area (Å²) in [6.07, 6.45) is -4.56. The zero-order chi connectivity index (χ0) is 17.2. The lowest BCUT2D eigenvalue weighted by atomic mass is 10.3. The summed E-state index contributed by atoms with van der Waals surface area (Å²) >= 11 is 0. The van der Waals surface area contributed by atoms with Crippen molar-refractivity contribution in [3.05, 3.63) is 40.1 Å². The fraction of sp³-hybridized carbons (Fsp3) is 0.308. The van der Waals surface area contributed by atoms with E-state index < -0.39 is 16.8 Å². The summed E-state index contributed by atoms with van der Waals surface area (Å²) in [5.74, 6) is -0.246. The molecule has 2 aromatic rings. The van der Waals surface area contributed by atoms with Crippen LogP contribution in [0.25, 0.3) is 0 Å². The Kier molecular flexibility index (Phi) is 4.43. The quantitative estimate of drug-likeness (QED) is 0.618.